The molecule has 0 aromatic heterocycles. The highest BCUT2D eigenvalue weighted by Crippen LogP contribution is 2.28. The molecule has 0 bridgehead atoms. The Bertz CT molecular complexity index is 175. The van der Waals surface area contributed by atoms with Crippen molar-refractivity contribution < 1.29 is 9.90 Å². The Morgan fingerprint density at radius 2 is 1.67 bits per heavy atom. The second kappa shape index (κ2) is 3.85. The fraction of sp³-hybridized carbons (Fsp3) is 0.750. The van der Waals surface area contributed by atoms with Crippen LogP contribution in [0.15, 0.2) is 0 Å². The van der Waals surface area contributed by atoms with Crippen LogP contribution in [0, 0.1) is 11.8 Å². The molecule has 0 radical (unpaired) electrons. The van der Waals surface area contributed by atoms with Crippen LogP contribution in [0.1, 0.15) is 25.7 Å². The Labute approximate surface area is 76.9 Å². The maximum Gasteiger partial charge on any atom is 0.306 e. The smallest absolute Gasteiger partial charge is 0.306 e. The fourth-order valence-corrected chi connectivity index (χ4v) is 1.86. The van der Waals surface area contributed by atoms with Crippen molar-refractivity contribution in [3.05, 3.63) is 0 Å². The van der Waals surface area contributed by atoms with Crippen LogP contribution < -0.4 is 5.73 Å². The van der Waals surface area contributed by atoms with Crippen molar-refractivity contribution in [2.75, 3.05) is 0 Å². The minimum atomic E-state index is -0.684. The van der Waals surface area contributed by atoms with Crippen molar-refractivity contribution in [1.29, 1.82) is 0 Å². The van der Waals surface area contributed by atoms with Gasteiger partial charge in [0.25, 0.3) is 0 Å². The molecule has 1 rings (SSSR count). The van der Waals surface area contributed by atoms with E-state index < -0.39 is 5.97 Å². The molecule has 3 N–H and O–H groups in total. The van der Waals surface area contributed by atoms with Gasteiger partial charge in [-0.05, 0) is 25.7 Å². The molecule has 0 aromatic rings. The van der Waals surface area contributed by atoms with E-state index in [-0.39, 0.29) is 11.8 Å². The van der Waals surface area contributed by atoms with Crippen molar-refractivity contribution in [3.63, 3.8) is 0 Å². The van der Waals surface area contributed by atoms with Gasteiger partial charge in [-0.25, -0.2) is 0 Å². The summed E-state index contributed by atoms with van der Waals surface area (Å²) in [4.78, 5) is 11.1. The summed E-state index contributed by atoms with van der Waals surface area (Å²) in [6, 6.07) is 0. The molecule has 0 aliphatic heterocycles. The van der Waals surface area contributed by atoms with Gasteiger partial charge in [-0.1, -0.05) is 12.2 Å². The summed E-state index contributed by atoms with van der Waals surface area (Å²) in [5.41, 5.74) is 5.47. The molecule has 68 valence electrons. The third-order valence-corrected chi connectivity index (χ3v) is 2.81. The Balaban J connectivity index is 2.39. The number of thiocarbonyl (C=S) groups is 1. The number of carboxylic acids is 1. The molecule has 12 heavy (non-hydrogen) atoms. The third kappa shape index (κ3) is 2.17. The minimum Gasteiger partial charge on any atom is -0.481 e. The van der Waals surface area contributed by atoms with Gasteiger partial charge in [0.1, 0.15) is 0 Å². The second-order valence-electron chi connectivity index (χ2n) is 3.29. The number of nitrogens with two attached hydrogens (primary N) is 1. The monoisotopic (exact) mass is 187 g/mol. The van der Waals surface area contributed by atoms with Crippen LogP contribution in [0.25, 0.3) is 0 Å². The first-order valence-corrected chi connectivity index (χ1v) is 4.54. The average molecular weight is 187 g/mol. The number of hydrogen-bond acceptors (Lipinski definition) is 2. The first-order chi connectivity index (χ1) is 5.61. The van der Waals surface area contributed by atoms with Crippen LogP contribution in [0.2, 0.25) is 0 Å². The molecule has 0 saturated heterocycles. The third-order valence-electron chi connectivity index (χ3n) is 2.48. The molecule has 1 fully saturated rings. The van der Waals surface area contributed by atoms with E-state index in [1.54, 1.807) is 0 Å². The second-order valence-corrected chi connectivity index (χ2v) is 3.76. The molecule has 0 spiro atoms. The first kappa shape index (κ1) is 9.45. The van der Waals surface area contributed by atoms with Gasteiger partial charge < -0.3 is 10.8 Å². The molecular formula is C8H13NO2S. The lowest BCUT2D eigenvalue weighted by molar-refractivity contribution is -0.142. The highest BCUT2D eigenvalue weighted by Gasteiger charge is 2.26. The van der Waals surface area contributed by atoms with Crippen LogP contribution in [0.5, 0.6) is 0 Å². The van der Waals surface area contributed by atoms with Crippen molar-refractivity contribution in [1.82, 2.24) is 0 Å². The summed E-state index contributed by atoms with van der Waals surface area (Å²) in [7, 11) is 0. The van der Waals surface area contributed by atoms with Crippen molar-refractivity contribution in [2.45, 2.75) is 25.7 Å². The number of carbonyl (C=O) groups is 1. The molecule has 0 unspecified atom stereocenters. The highest BCUT2D eigenvalue weighted by atomic mass is 32.1. The van der Waals surface area contributed by atoms with Gasteiger partial charge in [0.15, 0.2) is 0 Å². The van der Waals surface area contributed by atoms with E-state index in [4.69, 9.17) is 23.1 Å². The van der Waals surface area contributed by atoms with Crippen molar-refractivity contribution in [3.8, 4) is 0 Å². The number of rotatable bonds is 2. The normalized spacial score (nSPS) is 29.7. The Morgan fingerprint density at radius 3 is 2.00 bits per heavy atom. The standard InChI is InChI=1S/C8H13NO2S/c9-7(12)5-1-3-6(4-2-5)8(10)11/h5-6H,1-4H2,(H2,9,12)(H,10,11)/t5-,6-. The summed E-state index contributed by atoms with van der Waals surface area (Å²) < 4.78 is 0. The van der Waals surface area contributed by atoms with Gasteiger partial charge in [0.2, 0.25) is 0 Å². The summed E-state index contributed by atoms with van der Waals surface area (Å²) in [5.74, 6) is -0.581. The zero-order valence-corrected chi connectivity index (χ0v) is 7.64. The average Bonchev–Trinajstić information content (AvgIpc) is 2.04. The zero-order chi connectivity index (χ0) is 9.14. The quantitative estimate of drug-likeness (QED) is 0.637. The van der Waals surface area contributed by atoms with Crippen LogP contribution in [-0.4, -0.2) is 16.1 Å². The minimum absolute atomic E-state index is 0.171. The van der Waals surface area contributed by atoms with Crippen LogP contribution in [0.4, 0.5) is 0 Å². The number of carboxylic acid groups (broad SMARTS) is 1. The molecule has 0 aromatic carbocycles. The van der Waals surface area contributed by atoms with Gasteiger partial charge in [0, 0.05) is 5.92 Å². The SMILES string of the molecule is NC(=S)[C@H]1CC[C@H](C(=O)O)CC1. The predicted octanol–water partition coefficient (Wildman–Crippen LogP) is 1.16. The first-order valence-electron chi connectivity index (χ1n) is 4.13. The largest absolute Gasteiger partial charge is 0.481 e. The lowest BCUT2D eigenvalue weighted by Gasteiger charge is -2.24. The molecule has 1 saturated carbocycles. The number of hydrogen-bond donors (Lipinski definition) is 2. The number of aliphatic carboxylic acids is 1. The molecule has 0 amide bonds. The molecular weight excluding hydrogens is 174 g/mol. The maximum atomic E-state index is 10.6. The molecule has 1 aliphatic rings. The highest BCUT2D eigenvalue weighted by molar-refractivity contribution is 7.80. The van der Waals surface area contributed by atoms with Crippen LogP contribution in [-0.2, 0) is 4.79 Å². The Morgan fingerprint density at radius 1 is 1.25 bits per heavy atom. The molecule has 1 aliphatic carbocycles. The van der Waals surface area contributed by atoms with E-state index in [1.165, 1.54) is 0 Å². The Kier molecular flexibility index (Phi) is 3.03. The van der Waals surface area contributed by atoms with Crippen LogP contribution in [0.3, 0.4) is 0 Å². The summed E-state index contributed by atoms with van der Waals surface area (Å²) in [6.45, 7) is 0. The summed E-state index contributed by atoms with van der Waals surface area (Å²) in [5, 5.41) is 8.70. The van der Waals surface area contributed by atoms with Gasteiger partial charge in [-0.15, -0.1) is 0 Å². The van der Waals surface area contributed by atoms with E-state index in [2.05, 4.69) is 0 Å². The van der Waals surface area contributed by atoms with E-state index >= 15 is 0 Å². The molecule has 0 heterocycles. The lowest BCUT2D eigenvalue weighted by atomic mass is 9.82. The van der Waals surface area contributed by atoms with Crippen molar-refractivity contribution >= 4 is 23.2 Å². The van der Waals surface area contributed by atoms with Gasteiger partial charge in [-0.3, -0.25) is 4.79 Å². The maximum absolute atomic E-state index is 10.6. The lowest BCUT2D eigenvalue weighted by Crippen LogP contribution is -2.28. The van der Waals surface area contributed by atoms with Gasteiger partial charge in [-0.2, -0.15) is 0 Å². The molecule has 4 heteroatoms. The zero-order valence-electron chi connectivity index (χ0n) is 6.82. The molecule has 0 atom stereocenters. The molecule has 3 nitrogen and oxygen atoms in total. The fourth-order valence-electron chi connectivity index (χ4n) is 1.62. The van der Waals surface area contributed by atoms with E-state index in [9.17, 15) is 4.79 Å². The van der Waals surface area contributed by atoms with E-state index in [0.29, 0.717) is 4.99 Å². The van der Waals surface area contributed by atoms with Crippen LogP contribution >= 0.6 is 12.2 Å². The van der Waals surface area contributed by atoms with Crippen molar-refractivity contribution in [2.24, 2.45) is 17.6 Å². The Hall–Kier alpha value is -0.640. The van der Waals surface area contributed by atoms with Gasteiger partial charge >= 0.3 is 5.97 Å². The van der Waals surface area contributed by atoms with E-state index in [0.717, 1.165) is 25.7 Å². The van der Waals surface area contributed by atoms with Gasteiger partial charge in [0.05, 0.1) is 10.9 Å². The summed E-state index contributed by atoms with van der Waals surface area (Å²) >= 11 is 4.85. The topological polar surface area (TPSA) is 63.3 Å². The summed E-state index contributed by atoms with van der Waals surface area (Å²) in [6.07, 6.45) is 3.12. The van der Waals surface area contributed by atoms with E-state index in [1.807, 2.05) is 0 Å². The predicted molar refractivity (Wildman–Crippen MR) is 49.9 cm³/mol.